The van der Waals surface area contributed by atoms with E-state index in [0.717, 1.165) is 5.56 Å². The molecule has 0 saturated carbocycles. The number of benzene rings is 1. The topological polar surface area (TPSA) is 65.7 Å². The van der Waals surface area contributed by atoms with Crippen LogP contribution in [-0.4, -0.2) is 16.3 Å². The van der Waals surface area contributed by atoms with Crippen LogP contribution in [0.25, 0.3) is 0 Å². The molecule has 0 saturated heterocycles. The highest BCUT2D eigenvalue weighted by Gasteiger charge is 2.10. The Bertz CT molecular complexity index is 706. The van der Waals surface area contributed by atoms with E-state index in [1.807, 2.05) is 6.07 Å². The number of carbonyl (C=O) groups excluding carboxylic acids is 1. The van der Waals surface area contributed by atoms with Gasteiger partial charge in [0.1, 0.15) is 0 Å². The van der Waals surface area contributed by atoms with Crippen LogP contribution in [0.2, 0.25) is 5.02 Å². The largest absolute Gasteiger partial charge is 0.329 e. The van der Waals surface area contributed by atoms with Crippen molar-refractivity contribution in [2.75, 3.05) is 0 Å². The molecule has 0 radical (unpaired) electrons. The average Bonchev–Trinajstić information content (AvgIpc) is 2.34. The Balaban J connectivity index is 2.53. The summed E-state index contributed by atoms with van der Waals surface area (Å²) in [5.41, 5.74) is 0.912. The smallest absolute Gasteiger partial charge is 0.255 e. The first-order valence-corrected chi connectivity index (χ1v) is 5.94. The number of aromatic amines is 2. The van der Waals surface area contributed by atoms with Gasteiger partial charge in [-0.25, -0.2) is 0 Å². The third kappa shape index (κ3) is 2.57. The minimum Gasteiger partial charge on any atom is -0.329 e. The molecular formula is C12H9ClN2O2S. The molecule has 6 heteroatoms. The predicted octanol–water partition coefficient (Wildman–Crippen LogP) is 2.49. The molecule has 2 N–H and O–H groups in total. The minimum atomic E-state index is -0.374. The molecule has 0 aliphatic rings. The molecule has 4 nitrogen and oxygen atoms in total. The first-order valence-electron chi connectivity index (χ1n) is 5.16. The van der Waals surface area contributed by atoms with Crippen molar-refractivity contribution in [3.63, 3.8) is 0 Å². The highest BCUT2D eigenvalue weighted by Crippen LogP contribution is 2.18. The van der Waals surface area contributed by atoms with Gasteiger partial charge >= 0.3 is 0 Å². The fourth-order valence-corrected chi connectivity index (χ4v) is 2.04. The van der Waals surface area contributed by atoms with Crippen LogP contribution in [0, 0.1) is 4.77 Å². The maximum atomic E-state index is 11.8. The fraction of sp³-hybridized carbons (Fsp3) is 0.0833. The summed E-state index contributed by atoms with van der Waals surface area (Å²) in [6, 6.07) is 7.16. The third-order valence-corrected chi connectivity index (χ3v) is 3.09. The maximum Gasteiger partial charge on any atom is 0.255 e. The van der Waals surface area contributed by atoms with Crippen LogP contribution in [0.5, 0.6) is 0 Å². The van der Waals surface area contributed by atoms with Crippen molar-refractivity contribution >= 4 is 30.1 Å². The zero-order valence-corrected chi connectivity index (χ0v) is 10.8. The highest BCUT2D eigenvalue weighted by atomic mass is 35.5. The van der Waals surface area contributed by atoms with Gasteiger partial charge in [-0.3, -0.25) is 14.6 Å². The van der Waals surface area contributed by atoms with E-state index in [1.165, 1.54) is 0 Å². The fourth-order valence-electron chi connectivity index (χ4n) is 1.64. The number of H-pyrrole nitrogens is 2. The number of aldehydes is 1. The van der Waals surface area contributed by atoms with E-state index in [4.69, 9.17) is 23.8 Å². The molecule has 18 heavy (non-hydrogen) atoms. The van der Waals surface area contributed by atoms with Gasteiger partial charge in [0.15, 0.2) is 11.1 Å². The van der Waals surface area contributed by atoms with Gasteiger partial charge in [-0.15, -0.1) is 0 Å². The lowest BCUT2D eigenvalue weighted by Crippen LogP contribution is -2.18. The summed E-state index contributed by atoms with van der Waals surface area (Å²) in [6.45, 7) is 0. The molecular weight excluding hydrogens is 272 g/mol. The summed E-state index contributed by atoms with van der Waals surface area (Å²) in [5.74, 6) is 0. The predicted molar refractivity (Wildman–Crippen MR) is 71.9 cm³/mol. The van der Waals surface area contributed by atoms with Gasteiger partial charge < -0.3 is 4.98 Å². The van der Waals surface area contributed by atoms with Crippen molar-refractivity contribution in [2.24, 2.45) is 0 Å². The normalized spacial score (nSPS) is 10.3. The molecule has 1 heterocycles. The average molecular weight is 281 g/mol. The summed E-state index contributed by atoms with van der Waals surface area (Å²) < 4.78 is 0.130. The van der Waals surface area contributed by atoms with Crippen LogP contribution in [0.1, 0.15) is 21.6 Å². The number of nitrogens with one attached hydrogen (secondary N) is 2. The molecule has 2 aromatic rings. The lowest BCUT2D eigenvalue weighted by Gasteiger charge is -2.05. The van der Waals surface area contributed by atoms with E-state index in [2.05, 4.69) is 9.97 Å². The Labute approximate surface area is 113 Å². The Kier molecular flexibility index (Phi) is 3.74. The van der Waals surface area contributed by atoms with E-state index in [-0.39, 0.29) is 22.4 Å². The molecule has 0 bridgehead atoms. The molecule has 0 unspecified atom stereocenters. The van der Waals surface area contributed by atoms with Crippen molar-refractivity contribution in [2.45, 2.75) is 6.42 Å². The molecule has 0 aliphatic heterocycles. The van der Waals surface area contributed by atoms with E-state index in [1.54, 1.807) is 18.2 Å². The van der Waals surface area contributed by atoms with Gasteiger partial charge in [0.05, 0.1) is 5.69 Å². The molecule has 0 fully saturated rings. The second-order valence-electron chi connectivity index (χ2n) is 3.69. The number of hydrogen-bond acceptors (Lipinski definition) is 3. The lowest BCUT2D eigenvalue weighted by atomic mass is 10.1. The minimum absolute atomic E-state index is 0.130. The monoisotopic (exact) mass is 280 g/mol. The van der Waals surface area contributed by atoms with Gasteiger partial charge in [-0.05, 0) is 23.8 Å². The van der Waals surface area contributed by atoms with Crippen LogP contribution in [0.15, 0.2) is 29.1 Å². The van der Waals surface area contributed by atoms with Gasteiger partial charge in [-0.1, -0.05) is 29.8 Å². The van der Waals surface area contributed by atoms with Crippen molar-refractivity contribution in [1.29, 1.82) is 0 Å². The molecule has 0 spiro atoms. The highest BCUT2D eigenvalue weighted by molar-refractivity contribution is 7.71. The first kappa shape index (κ1) is 12.7. The second-order valence-corrected chi connectivity index (χ2v) is 4.50. The molecule has 0 amide bonds. The van der Waals surface area contributed by atoms with Crippen LogP contribution in [-0.2, 0) is 6.42 Å². The maximum absolute atomic E-state index is 11.8. The van der Waals surface area contributed by atoms with Gasteiger partial charge in [0.25, 0.3) is 5.56 Å². The number of aromatic nitrogens is 2. The van der Waals surface area contributed by atoms with Crippen molar-refractivity contribution in [3.05, 3.63) is 61.2 Å². The van der Waals surface area contributed by atoms with Crippen LogP contribution >= 0.6 is 23.8 Å². The van der Waals surface area contributed by atoms with E-state index >= 15 is 0 Å². The lowest BCUT2D eigenvalue weighted by molar-refractivity contribution is 0.111. The van der Waals surface area contributed by atoms with E-state index < -0.39 is 0 Å². The van der Waals surface area contributed by atoms with Gasteiger partial charge in [0, 0.05) is 17.0 Å². The number of rotatable bonds is 3. The third-order valence-electron chi connectivity index (χ3n) is 2.52. The van der Waals surface area contributed by atoms with Crippen molar-refractivity contribution < 1.29 is 4.79 Å². The summed E-state index contributed by atoms with van der Waals surface area (Å²) in [5, 5.41) is 0.552. The Morgan fingerprint density at radius 1 is 1.28 bits per heavy atom. The zero-order valence-electron chi connectivity index (χ0n) is 9.20. The summed E-state index contributed by atoms with van der Waals surface area (Å²) >= 11 is 10.8. The quantitative estimate of drug-likeness (QED) is 0.670. The number of halogens is 1. The van der Waals surface area contributed by atoms with Crippen molar-refractivity contribution in [3.8, 4) is 0 Å². The molecule has 0 atom stereocenters. The summed E-state index contributed by atoms with van der Waals surface area (Å²) in [7, 11) is 0. The van der Waals surface area contributed by atoms with Crippen molar-refractivity contribution in [1.82, 2.24) is 9.97 Å². The summed E-state index contributed by atoms with van der Waals surface area (Å²) in [4.78, 5) is 27.8. The zero-order chi connectivity index (χ0) is 13.1. The van der Waals surface area contributed by atoms with E-state index in [0.29, 0.717) is 16.9 Å². The van der Waals surface area contributed by atoms with Gasteiger partial charge in [-0.2, -0.15) is 0 Å². The Morgan fingerprint density at radius 2 is 2.00 bits per heavy atom. The van der Waals surface area contributed by atoms with E-state index in [9.17, 15) is 9.59 Å². The SMILES string of the molecule is O=Cc1[nH]c(=S)[nH]c(=O)c1Cc1ccccc1Cl. The second kappa shape index (κ2) is 5.29. The van der Waals surface area contributed by atoms with Crippen LogP contribution < -0.4 is 5.56 Å². The molecule has 1 aromatic carbocycles. The number of carbonyl (C=O) groups is 1. The number of hydrogen-bond donors (Lipinski definition) is 2. The summed E-state index contributed by atoms with van der Waals surface area (Å²) in [6.07, 6.45) is 0.854. The van der Waals surface area contributed by atoms with Crippen LogP contribution in [0.4, 0.5) is 0 Å². The Hall–Kier alpha value is -1.72. The molecule has 2 rings (SSSR count). The molecule has 1 aromatic heterocycles. The van der Waals surface area contributed by atoms with Crippen LogP contribution in [0.3, 0.4) is 0 Å². The Morgan fingerprint density at radius 3 is 2.67 bits per heavy atom. The molecule has 92 valence electrons. The first-order chi connectivity index (χ1) is 8.61. The standard InChI is InChI=1S/C12H9ClN2O2S/c13-9-4-2-1-3-7(9)5-8-10(6-16)14-12(18)15-11(8)17/h1-4,6H,5H2,(H2,14,15,17,18). The van der Waals surface area contributed by atoms with Gasteiger partial charge in [0.2, 0.25) is 0 Å². The molecule has 0 aliphatic carbocycles.